The smallest absolute Gasteiger partial charge is 0.269 e. The molecule has 0 saturated carbocycles. The van der Waals surface area contributed by atoms with E-state index in [2.05, 4.69) is 5.32 Å². The highest BCUT2D eigenvalue weighted by Crippen LogP contribution is 2.27. The van der Waals surface area contributed by atoms with Crippen molar-refractivity contribution in [3.8, 4) is 0 Å². The molecule has 1 unspecified atom stereocenters. The fourth-order valence-electron chi connectivity index (χ4n) is 1.84. The second-order valence-corrected chi connectivity index (χ2v) is 6.20. The van der Waals surface area contributed by atoms with E-state index in [4.69, 9.17) is 0 Å². The lowest BCUT2D eigenvalue weighted by Crippen LogP contribution is -2.22. The van der Waals surface area contributed by atoms with Gasteiger partial charge in [0.15, 0.2) is 0 Å². The van der Waals surface area contributed by atoms with Gasteiger partial charge >= 0.3 is 0 Å². The maximum absolute atomic E-state index is 12.2. The highest BCUT2D eigenvalue weighted by Gasteiger charge is 2.16. The molecule has 1 N–H and O–H groups in total. The van der Waals surface area contributed by atoms with E-state index < -0.39 is 4.92 Å². The van der Waals surface area contributed by atoms with Crippen LogP contribution in [0.25, 0.3) is 0 Å². The van der Waals surface area contributed by atoms with Gasteiger partial charge in [-0.1, -0.05) is 18.2 Å². The Morgan fingerprint density at radius 1 is 1.18 bits per heavy atom. The Morgan fingerprint density at radius 2 is 1.82 bits per heavy atom. The Bertz CT molecular complexity index is 686. The number of nitro benzene ring substituents is 1. The third-order valence-corrected chi connectivity index (χ3v) is 4.39. The van der Waals surface area contributed by atoms with Crippen LogP contribution in [0.3, 0.4) is 0 Å². The van der Waals surface area contributed by atoms with Gasteiger partial charge in [0.1, 0.15) is 0 Å². The van der Waals surface area contributed by atoms with Gasteiger partial charge in [-0.15, -0.1) is 11.8 Å². The summed E-state index contributed by atoms with van der Waals surface area (Å²) in [5.74, 6) is -0.137. The van der Waals surface area contributed by atoms with Crippen molar-refractivity contribution < 1.29 is 9.72 Å². The minimum absolute atomic E-state index is 0.000308. The monoisotopic (exact) mass is 316 g/mol. The number of non-ortho nitro benzene ring substituents is 1. The lowest BCUT2D eigenvalue weighted by Gasteiger charge is -2.13. The van der Waals surface area contributed by atoms with Crippen molar-refractivity contribution in [3.05, 3.63) is 64.2 Å². The van der Waals surface area contributed by atoms with Crippen molar-refractivity contribution in [1.82, 2.24) is 0 Å². The molecule has 0 fully saturated rings. The number of carbonyl (C=O) groups is 1. The minimum Gasteiger partial charge on any atom is -0.325 e. The van der Waals surface area contributed by atoms with E-state index in [1.807, 2.05) is 38.1 Å². The van der Waals surface area contributed by atoms with Crippen molar-refractivity contribution in [2.24, 2.45) is 0 Å². The molecule has 0 bridgehead atoms. The minimum atomic E-state index is -0.470. The molecule has 0 aliphatic rings. The first kappa shape index (κ1) is 16.0. The largest absolute Gasteiger partial charge is 0.325 e. The van der Waals surface area contributed by atoms with Crippen LogP contribution in [-0.4, -0.2) is 16.1 Å². The highest BCUT2D eigenvalue weighted by molar-refractivity contribution is 8.00. The molecule has 0 heterocycles. The van der Waals surface area contributed by atoms with Gasteiger partial charge in [0.25, 0.3) is 5.69 Å². The summed E-state index contributed by atoms with van der Waals surface area (Å²) in [5.41, 5.74) is 1.68. The van der Waals surface area contributed by atoms with Crippen LogP contribution in [0.1, 0.15) is 12.5 Å². The second kappa shape index (κ2) is 7.09. The molecule has 22 heavy (non-hydrogen) atoms. The first-order chi connectivity index (χ1) is 10.5. The summed E-state index contributed by atoms with van der Waals surface area (Å²) < 4.78 is 0. The summed E-state index contributed by atoms with van der Waals surface area (Å²) in [5, 5.41) is 13.1. The van der Waals surface area contributed by atoms with Crippen LogP contribution < -0.4 is 5.32 Å². The van der Waals surface area contributed by atoms with Crippen LogP contribution in [0.5, 0.6) is 0 Å². The standard InChI is InChI=1S/C16H16N2O3S/c1-11-5-3-4-6-15(11)22-12(2)16(19)17-13-7-9-14(10-8-13)18(20)21/h3-10,12H,1-2H3,(H,17,19). The van der Waals surface area contributed by atoms with Crippen LogP contribution in [0.15, 0.2) is 53.4 Å². The molecule has 2 aromatic carbocycles. The van der Waals surface area contributed by atoms with Crippen LogP contribution in [0.4, 0.5) is 11.4 Å². The van der Waals surface area contributed by atoms with Gasteiger partial charge in [-0.05, 0) is 37.6 Å². The molecule has 0 radical (unpaired) electrons. The molecule has 0 spiro atoms. The van der Waals surface area contributed by atoms with Gasteiger partial charge in [0.05, 0.1) is 10.2 Å². The molecule has 0 saturated heterocycles. The van der Waals surface area contributed by atoms with Crippen LogP contribution >= 0.6 is 11.8 Å². The molecule has 0 aromatic heterocycles. The zero-order chi connectivity index (χ0) is 16.1. The summed E-state index contributed by atoms with van der Waals surface area (Å²) in [7, 11) is 0. The number of aryl methyl sites for hydroxylation is 1. The van der Waals surface area contributed by atoms with E-state index in [0.717, 1.165) is 10.5 Å². The number of hydrogen-bond donors (Lipinski definition) is 1. The third kappa shape index (κ3) is 4.08. The first-order valence-corrected chi connectivity index (χ1v) is 7.63. The number of nitrogens with one attached hydrogen (secondary N) is 1. The number of nitrogens with zero attached hydrogens (tertiary/aromatic N) is 1. The number of hydrogen-bond acceptors (Lipinski definition) is 4. The Hall–Kier alpha value is -2.34. The van der Waals surface area contributed by atoms with E-state index in [9.17, 15) is 14.9 Å². The lowest BCUT2D eigenvalue weighted by molar-refractivity contribution is -0.384. The SMILES string of the molecule is Cc1ccccc1SC(C)C(=O)Nc1ccc([N+](=O)[O-])cc1. The van der Waals surface area contributed by atoms with E-state index in [1.165, 1.54) is 36.0 Å². The summed E-state index contributed by atoms with van der Waals surface area (Å²) in [6.45, 7) is 3.83. The zero-order valence-electron chi connectivity index (χ0n) is 12.3. The summed E-state index contributed by atoms with van der Waals surface area (Å²) >= 11 is 1.49. The molecular weight excluding hydrogens is 300 g/mol. The van der Waals surface area contributed by atoms with Crippen LogP contribution in [0, 0.1) is 17.0 Å². The number of benzene rings is 2. The molecule has 5 nitrogen and oxygen atoms in total. The van der Waals surface area contributed by atoms with E-state index in [-0.39, 0.29) is 16.8 Å². The first-order valence-electron chi connectivity index (χ1n) is 6.75. The lowest BCUT2D eigenvalue weighted by atomic mass is 10.2. The maximum atomic E-state index is 12.2. The highest BCUT2D eigenvalue weighted by atomic mass is 32.2. The number of rotatable bonds is 5. The van der Waals surface area contributed by atoms with Crippen LogP contribution in [-0.2, 0) is 4.79 Å². The van der Waals surface area contributed by atoms with Crippen LogP contribution in [0.2, 0.25) is 0 Å². The van der Waals surface area contributed by atoms with E-state index in [0.29, 0.717) is 5.69 Å². The normalized spacial score (nSPS) is 11.7. The average Bonchev–Trinajstić information content (AvgIpc) is 2.50. The predicted molar refractivity (Wildman–Crippen MR) is 88.2 cm³/mol. The van der Waals surface area contributed by atoms with Gasteiger partial charge in [0, 0.05) is 22.7 Å². The number of anilines is 1. The molecule has 2 rings (SSSR count). The number of nitro groups is 1. The van der Waals surface area contributed by atoms with Gasteiger partial charge in [-0.25, -0.2) is 0 Å². The van der Waals surface area contributed by atoms with Crippen molar-refractivity contribution in [1.29, 1.82) is 0 Å². The topological polar surface area (TPSA) is 72.2 Å². The molecule has 1 amide bonds. The van der Waals surface area contributed by atoms with Gasteiger partial charge < -0.3 is 5.32 Å². The van der Waals surface area contributed by atoms with Gasteiger partial charge in [-0.2, -0.15) is 0 Å². The van der Waals surface area contributed by atoms with E-state index in [1.54, 1.807) is 0 Å². The molecule has 2 aromatic rings. The summed E-state index contributed by atoms with van der Waals surface area (Å²) in [4.78, 5) is 23.4. The van der Waals surface area contributed by atoms with Gasteiger partial charge in [-0.3, -0.25) is 14.9 Å². The van der Waals surface area contributed by atoms with Crippen molar-refractivity contribution in [2.75, 3.05) is 5.32 Å². The van der Waals surface area contributed by atoms with E-state index >= 15 is 0 Å². The predicted octanol–water partition coefficient (Wildman–Crippen LogP) is 4.02. The molecule has 1 atom stereocenters. The van der Waals surface area contributed by atoms with Gasteiger partial charge in [0.2, 0.25) is 5.91 Å². The molecule has 0 aliphatic carbocycles. The third-order valence-electron chi connectivity index (χ3n) is 3.11. The fourth-order valence-corrected chi connectivity index (χ4v) is 2.80. The zero-order valence-corrected chi connectivity index (χ0v) is 13.1. The Kier molecular flexibility index (Phi) is 5.16. The average molecular weight is 316 g/mol. The molecular formula is C16H16N2O3S. The van der Waals surface area contributed by atoms with Crippen molar-refractivity contribution in [2.45, 2.75) is 24.0 Å². The Labute approximate surface area is 132 Å². The van der Waals surface area contributed by atoms with Crippen molar-refractivity contribution in [3.63, 3.8) is 0 Å². The fraction of sp³-hybridized carbons (Fsp3) is 0.188. The second-order valence-electron chi connectivity index (χ2n) is 4.82. The Morgan fingerprint density at radius 3 is 2.41 bits per heavy atom. The molecule has 0 aliphatic heterocycles. The quantitative estimate of drug-likeness (QED) is 0.513. The molecule has 114 valence electrons. The Balaban J connectivity index is 1.99. The summed E-state index contributed by atoms with van der Waals surface area (Å²) in [6.07, 6.45) is 0. The number of amides is 1. The number of carbonyl (C=O) groups excluding carboxylic acids is 1. The van der Waals surface area contributed by atoms with Crippen molar-refractivity contribution >= 4 is 29.0 Å². The number of thioether (sulfide) groups is 1. The molecule has 6 heteroatoms. The summed E-state index contributed by atoms with van der Waals surface area (Å²) in [6, 6.07) is 13.7. The maximum Gasteiger partial charge on any atom is 0.269 e.